The Morgan fingerprint density at radius 3 is 2.03 bits per heavy atom. The first kappa shape index (κ1) is 24.2. The number of nitrogens with zero attached hydrogens (tertiary/aromatic N) is 1. The first-order valence-corrected chi connectivity index (χ1v) is 12.5. The van der Waals surface area contributed by atoms with Gasteiger partial charge in [-0.15, -0.1) is 0 Å². The summed E-state index contributed by atoms with van der Waals surface area (Å²) in [6, 6.07) is 22.5. The van der Waals surface area contributed by atoms with E-state index >= 15 is 0 Å². The molecule has 178 valence electrons. The van der Waals surface area contributed by atoms with Crippen molar-refractivity contribution >= 4 is 41.1 Å². The molecule has 3 aromatic carbocycles. The average Bonchev–Trinajstić information content (AvgIpc) is 3.14. The Labute approximate surface area is 207 Å². The molecule has 1 atom stereocenters. The minimum Gasteiger partial charge on any atom is -0.454 e. The van der Waals surface area contributed by atoms with Crippen LogP contribution in [-0.2, 0) is 14.3 Å². The summed E-state index contributed by atoms with van der Waals surface area (Å²) < 4.78 is 5.23. The summed E-state index contributed by atoms with van der Waals surface area (Å²) in [6.45, 7) is -0.530. The van der Waals surface area contributed by atoms with Crippen LogP contribution in [0.4, 0.5) is 5.69 Å². The molecule has 3 aromatic rings. The number of anilines is 1. The van der Waals surface area contributed by atoms with Crippen molar-refractivity contribution in [2.75, 3.05) is 23.9 Å². The van der Waals surface area contributed by atoms with Crippen molar-refractivity contribution in [1.29, 1.82) is 0 Å². The van der Waals surface area contributed by atoms with E-state index in [2.05, 4.69) is 5.32 Å². The number of rotatable bonds is 9. The third-order valence-electron chi connectivity index (χ3n) is 5.63. The zero-order valence-electron chi connectivity index (χ0n) is 19.1. The number of benzene rings is 3. The van der Waals surface area contributed by atoms with Crippen LogP contribution in [-0.4, -0.2) is 53.2 Å². The molecule has 1 N–H and O–H groups in total. The zero-order chi connectivity index (χ0) is 24.8. The van der Waals surface area contributed by atoms with Crippen molar-refractivity contribution in [1.82, 2.24) is 4.90 Å². The molecule has 0 saturated heterocycles. The second kappa shape index (κ2) is 11.0. The second-order valence-corrected chi connectivity index (χ2v) is 8.91. The lowest BCUT2D eigenvalue weighted by Crippen LogP contribution is -2.46. The van der Waals surface area contributed by atoms with Crippen LogP contribution in [0.3, 0.4) is 0 Å². The van der Waals surface area contributed by atoms with Crippen molar-refractivity contribution < 1.29 is 23.9 Å². The van der Waals surface area contributed by atoms with Crippen molar-refractivity contribution in [3.8, 4) is 11.1 Å². The molecule has 0 bridgehead atoms. The highest BCUT2D eigenvalue weighted by Crippen LogP contribution is 2.27. The van der Waals surface area contributed by atoms with E-state index < -0.39 is 36.3 Å². The van der Waals surface area contributed by atoms with Crippen LogP contribution < -0.4 is 5.32 Å². The van der Waals surface area contributed by atoms with Gasteiger partial charge < -0.3 is 10.1 Å². The Balaban J connectivity index is 1.38. The maximum absolute atomic E-state index is 12.9. The summed E-state index contributed by atoms with van der Waals surface area (Å²) in [6.07, 6.45) is 2.09. The van der Waals surface area contributed by atoms with E-state index in [0.29, 0.717) is 11.4 Å². The lowest BCUT2D eigenvalue weighted by molar-refractivity contribution is -0.151. The minimum atomic E-state index is -1.10. The molecule has 7 nitrogen and oxygen atoms in total. The number of amides is 3. The van der Waals surface area contributed by atoms with E-state index in [9.17, 15) is 19.2 Å². The number of hydrogen-bond donors (Lipinski definition) is 1. The van der Waals surface area contributed by atoms with Crippen LogP contribution in [0, 0.1) is 0 Å². The van der Waals surface area contributed by atoms with Crippen molar-refractivity contribution in [2.24, 2.45) is 0 Å². The number of hydrogen-bond acceptors (Lipinski definition) is 6. The fourth-order valence-electron chi connectivity index (χ4n) is 3.88. The molecule has 1 unspecified atom stereocenters. The third kappa shape index (κ3) is 5.44. The van der Waals surface area contributed by atoms with Gasteiger partial charge >= 0.3 is 5.97 Å². The number of ether oxygens (including phenoxy) is 1. The molecule has 0 aliphatic carbocycles. The first-order valence-electron chi connectivity index (χ1n) is 11.1. The monoisotopic (exact) mass is 488 g/mol. The summed E-state index contributed by atoms with van der Waals surface area (Å²) in [4.78, 5) is 51.9. The molecule has 0 fully saturated rings. The van der Waals surface area contributed by atoms with E-state index in [-0.39, 0.29) is 17.5 Å². The predicted octanol–water partition coefficient (Wildman–Crippen LogP) is 4.25. The number of fused-ring (bicyclic) bond motifs is 1. The number of esters is 1. The quantitative estimate of drug-likeness (QED) is 0.358. The summed E-state index contributed by atoms with van der Waals surface area (Å²) in [5.74, 6) is -1.83. The van der Waals surface area contributed by atoms with Gasteiger partial charge in [0.15, 0.2) is 6.61 Å². The van der Waals surface area contributed by atoms with Crippen molar-refractivity contribution in [3.63, 3.8) is 0 Å². The van der Waals surface area contributed by atoms with Gasteiger partial charge in [0.25, 0.3) is 17.7 Å². The van der Waals surface area contributed by atoms with E-state index in [0.717, 1.165) is 16.0 Å². The summed E-state index contributed by atoms with van der Waals surface area (Å²) in [5, 5.41) is 2.69. The fraction of sp³-hybridized carbons (Fsp3) is 0.185. The summed E-state index contributed by atoms with van der Waals surface area (Å²) in [7, 11) is 0. The molecule has 0 spiro atoms. The van der Waals surface area contributed by atoms with Gasteiger partial charge in [0, 0.05) is 5.69 Å². The number of thioether (sulfide) groups is 1. The Hall–Kier alpha value is -3.91. The molecule has 1 aliphatic rings. The van der Waals surface area contributed by atoms with E-state index in [1.165, 1.54) is 11.8 Å². The largest absolute Gasteiger partial charge is 0.454 e. The van der Waals surface area contributed by atoms with Crippen LogP contribution in [0.1, 0.15) is 27.1 Å². The highest BCUT2D eigenvalue weighted by atomic mass is 32.2. The minimum absolute atomic E-state index is 0.230. The van der Waals surface area contributed by atoms with Gasteiger partial charge in [-0.1, -0.05) is 54.6 Å². The van der Waals surface area contributed by atoms with E-state index in [4.69, 9.17) is 4.74 Å². The number of carbonyl (C=O) groups is 4. The Morgan fingerprint density at radius 1 is 0.857 bits per heavy atom. The Kier molecular flexibility index (Phi) is 7.62. The number of imide groups is 1. The van der Waals surface area contributed by atoms with Crippen molar-refractivity contribution in [3.05, 3.63) is 90.0 Å². The van der Waals surface area contributed by atoms with Gasteiger partial charge in [-0.25, -0.2) is 4.79 Å². The highest BCUT2D eigenvalue weighted by molar-refractivity contribution is 7.98. The van der Waals surface area contributed by atoms with Crippen LogP contribution in [0.15, 0.2) is 78.9 Å². The summed E-state index contributed by atoms with van der Waals surface area (Å²) in [5.41, 5.74) is 3.15. The second-order valence-electron chi connectivity index (χ2n) is 7.92. The molecule has 0 radical (unpaired) electrons. The summed E-state index contributed by atoms with van der Waals surface area (Å²) >= 11 is 1.48. The molecule has 35 heavy (non-hydrogen) atoms. The lowest BCUT2D eigenvalue weighted by Gasteiger charge is -2.24. The molecule has 0 aromatic heterocycles. The average molecular weight is 489 g/mol. The molecule has 0 saturated carbocycles. The molecular weight excluding hydrogens is 464 g/mol. The molecule has 1 heterocycles. The highest BCUT2D eigenvalue weighted by Gasteiger charge is 2.43. The number of nitrogens with one attached hydrogen (secondary N) is 1. The normalized spacial score (nSPS) is 13.3. The molecule has 1 aliphatic heterocycles. The lowest BCUT2D eigenvalue weighted by atomic mass is 10.1. The first-order chi connectivity index (χ1) is 17.0. The standard InChI is InChI=1S/C27H24N2O5S/c1-35-16-15-23(29-25(31)21-9-5-6-10-22(21)26(29)32)27(33)34-17-24(30)28-20-13-11-19(12-14-20)18-7-3-2-4-8-18/h2-14,23H,15-17H2,1H3,(H,28,30). The molecule has 8 heteroatoms. The van der Waals surface area contributed by atoms with Crippen molar-refractivity contribution in [2.45, 2.75) is 12.5 Å². The van der Waals surface area contributed by atoms with Gasteiger partial charge in [0.05, 0.1) is 11.1 Å². The van der Waals surface area contributed by atoms with Crippen LogP contribution in [0.2, 0.25) is 0 Å². The zero-order valence-corrected chi connectivity index (χ0v) is 19.9. The number of carbonyl (C=O) groups excluding carboxylic acids is 4. The maximum atomic E-state index is 12.9. The molecule has 4 rings (SSSR count). The van der Waals surface area contributed by atoms with Gasteiger partial charge in [0.1, 0.15) is 6.04 Å². The molecule has 3 amide bonds. The Bertz CT molecular complexity index is 1210. The fourth-order valence-corrected chi connectivity index (χ4v) is 4.34. The van der Waals surface area contributed by atoms with Crippen LogP contribution in [0.5, 0.6) is 0 Å². The van der Waals surface area contributed by atoms with E-state index in [1.807, 2.05) is 48.7 Å². The maximum Gasteiger partial charge on any atom is 0.329 e. The predicted molar refractivity (Wildman–Crippen MR) is 135 cm³/mol. The third-order valence-corrected chi connectivity index (χ3v) is 6.27. The smallest absolute Gasteiger partial charge is 0.329 e. The van der Waals surface area contributed by atoms with Gasteiger partial charge in [-0.3, -0.25) is 19.3 Å². The van der Waals surface area contributed by atoms with Gasteiger partial charge in [0.2, 0.25) is 0 Å². The van der Waals surface area contributed by atoms with Crippen LogP contribution >= 0.6 is 11.8 Å². The van der Waals surface area contributed by atoms with Gasteiger partial charge in [-0.2, -0.15) is 11.8 Å². The topological polar surface area (TPSA) is 92.8 Å². The van der Waals surface area contributed by atoms with Crippen LogP contribution in [0.25, 0.3) is 11.1 Å². The van der Waals surface area contributed by atoms with E-state index in [1.54, 1.807) is 36.4 Å². The van der Waals surface area contributed by atoms with Gasteiger partial charge in [-0.05, 0) is 53.8 Å². The Morgan fingerprint density at radius 2 is 1.43 bits per heavy atom. The molecular formula is C27H24N2O5S. The SMILES string of the molecule is CSCCC(C(=O)OCC(=O)Nc1ccc(-c2ccccc2)cc1)N1C(=O)c2ccccc2C1=O.